The number of rotatable bonds is 6. The Morgan fingerprint density at radius 2 is 2.17 bits per heavy atom. The molecule has 0 spiro atoms. The number of hydrogen-bond acceptors (Lipinski definition) is 3. The summed E-state index contributed by atoms with van der Waals surface area (Å²) in [5.74, 6) is -0.795. The van der Waals surface area contributed by atoms with Crippen LogP contribution in [0.5, 0.6) is 0 Å². The van der Waals surface area contributed by atoms with Crippen molar-refractivity contribution in [3.8, 4) is 11.3 Å². The molecular weight excluding hydrogens is 444 g/mol. The lowest BCUT2D eigenvalue weighted by atomic mass is 9.83. The Bertz CT molecular complexity index is 1130. The lowest BCUT2D eigenvalue weighted by Crippen LogP contribution is -2.26. The van der Waals surface area contributed by atoms with E-state index in [1.165, 1.54) is 11.1 Å². The number of ether oxygens (including phenoxy) is 1. The van der Waals surface area contributed by atoms with Gasteiger partial charge in [-0.1, -0.05) is 15.9 Å². The monoisotopic (exact) mass is 470 g/mol. The molecular formula is C24H27BrN2O3. The van der Waals surface area contributed by atoms with E-state index in [-0.39, 0.29) is 6.10 Å². The van der Waals surface area contributed by atoms with E-state index in [4.69, 9.17) is 4.74 Å². The summed E-state index contributed by atoms with van der Waals surface area (Å²) >= 11 is 3.67. The summed E-state index contributed by atoms with van der Waals surface area (Å²) < 4.78 is 9.01. The van der Waals surface area contributed by atoms with E-state index in [1.54, 1.807) is 27.2 Å². The minimum atomic E-state index is -0.889. The van der Waals surface area contributed by atoms with Gasteiger partial charge in [-0.25, -0.2) is 0 Å². The van der Waals surface area contributed by atoms with Crippen molar-refractivity contribution in [2.45, 2.75) is 52.7 Å². The molecule has 1 atom stereocenters. The molecule has 0 bridgehead atoms. The van der Waals surface area contributed by atoms with Gasteiger partial charge in [-0.3, -0.25) is 9.78 Å². The number of benzene rings is 1. The minimum absolute atomic E-state index is 0.165. The zero-order valence-electron chi connectivity index (χ0n) is 17.8. The van der Waals surface area contributed by atoms with Gasteiger partial charge in [0, 0.05) is 35.3 Å². The van der Waals surface area contributed by atoms with Crippen LogP contribution in [-0.4, -0.2) is 27.7 Å². The maximum absolute atomic E-state index is 12.0. The van der Waals surface area contributed by atoms with Gasteiger partial charge in [-0.2, -0.15) is 0 Å². The lowest BCUT2D eigenvalue weighted by molar-refractivity contribution is -0.146. The van der Waals surface area contributed by atoms with E-state index in [2.05, 4.69) is 43.7 Å². The molecule has 30 heavy (non-hydrogen) atoms. The molecule has 0 saturated carbocycles. The number of aromatic nitrogens is 2. The van der Waals surface area contributed by atoms with Gasteiger partial charge in [0.15, 0.2) is 0 Å². The highest BCUT2D eigenvalue weighted by atomic mass is 79.9. The second-order valence-electron chi connectivity index (χ2n) is 8.72. The Morgan fingerprint density at radius 3 is 2.87 bits per heavy atom. The van der Waals surface area contributed by atoms with E-state index in [0.29, 0.717) is 6.42 Å². The number of methoxy groups -OCH3 is 1. The van der Waals surface area contributed by atoms with Gasteiger partial charge in [0.1, 0.15) is 0 Å². The van der Waals surface area contributed by atoms with Crippen LogP contribution in [0.4, 0.5) is 0 Å². The van der Waals surface area contributed by atoms with Gasteiger partial charge < -0.3 is 14.4 Å². The number of carbonyl (C=O) groups is 1. The van der Waals surface area contributed by atoms with E-state index >= 15 is 0 Å². The van der Waals surface area contributed by atoms with Gasteiger partial charge in [0.25, 0.3) is 0 Å². The van der Waals surface area contributed by atoms with Crippen molar-refractivity contribution < 1.29 is 14.6 Å². The van der Waals surface area contributed by atoms with Crippen molar-refractivity contribution in [1.29, 1.82) is 0 Å². The molecule has 4 rings (SSSR count). The summed E-state index contributed by atoms with van der Waals surface area (Å²) in [5.41, 5.74) is 5.67. The Labute approximate surface area is 185 Å². The first-order valence-electron chi connectivity index (χ1n) is 10.3. The van der Waals surface area contributed by atoms with Crippen LogP contribution < -0.4 is 0 Å². The molecule has 0 fully saturated rings. The largest absolute Gasteiger partial charge is 0.481 e. The number of aryl methyl sites for hydroxylation is 2. The van der Waals surface area contributed by atoms with Crippen LogP contribution in [0.15, 0.2) is 34.9 Å². The molecule has 158 valence electrons. The second kappa shape index (κ2) is 7.82. The minimum Gasteiger partial charge on any atom is -0.481 e. The number of aliphatic carboxylic acids is 1. The van der Waals surface area contributed by atoms with Gasteiger partial charge >= 0.3 is 5.97 Å². The first-order valence-corrected chi connectivity index (χ1v) is 11.1. The van der Waals surface area contributed by atoms with Crippen molar-refractivity contribution in [1.82, 2.24) is 9.55 Å². The SMILES string of the molecule is CO[C@@H](C)c1ncccc1-c1c(CC(C)(C)C(=O)O)c2cc(Br)cc3c2n1CCC3. The highest BCUT2D eigenvalue weighted by Crippen LogP contribution is 2.43. The Balaban J connectivity index is 2.09. The molecule has 5 nitrogen and oxygen atoms in total. The van der Waals surface area contributed by atoms with Crippen LogP contribution in [0, 0.1) is 5.41 Å². The van der Waals surface area contributed by atoms with E-state index in [9.17, 15) is 9.90 Å². The Hall–Kier alpha value is -2.18. The van der Waals surface area contributed by atoms with Crippen LogP contribution >= 0.6 is 15.9 Å². The third kappa shape index (κ3) is 3.46. The fourth-order valence-corrected chi connectivity index (χ4v) is 5.01. The van der Waals surface area contributed by atoms with Crippen molar-refractivity contribution in [2.24, 2.45) is 5.41 Å². The maximum atomic E-state index is 12.0. The molecule has 2 aromatic heterocycles. The van der Waals surface area contributed by atoms with Gasteiger partial charge in [0.05, 0.1) is 28.4 Å². The third-order valence-electron chi connectivity index (χ3n) is 6.16. The number of carboxylic acid groups (broad SMARTS) is 1. The van der Waals surface area contributed by atoms with Crippen LogP contribution in [-0.2, 0) is 28.9 Å². The summed E-state index contributed by atoms with van der Waals surface area (Å²) in [7, 11) is 1.69. The van der Waals surface area contributed by atoms with Crippen molar-refractivity contribution in [3.63, 3.8) is 0 Å². The van der Waals surface area contributed by atoms with E-state index in [0.717, 1.165) is 51.8 Å². The maximum Gasteiger partial charge on any atom is 0.309 e. The summed E-state index contributed by atoms with van der Waals surface area (Å²) in [6, 6.07) is 8.34. The summed E-state index contributed by atoms with van der Waals surface area (Å²) in [4.78, 5) is 16.6. The summed E-state index contributed by atoms with van der Waals surface area (Å²) in [6.45, 7) is 6.49. The lowest BCUT2D eigenvalue weighted by Gasteiger charge is -2.23. The average molecular weight is 471 g/mol. The molecule has 1 aliphatic rings. The van der Waals surface area contributed by atoms with Crippen LogP contribution in [0.2, 0.25) is 0 Å². The fourth-order valence-electron chi connectivity index (χ4n) is 4.51. The zero-order valence-corrected chi connectivity index (χ0v) is 19.4. The van der Waals surface area contributed by atoms with E-state index < -0.39 is 11.4 Å². The smallest absolute Gasteiger partial charge is 0.309 e. The van der Waals surface area contributed by atoms with Gasteiger partial charge in [-0.15, -0.1) is 0 Å². The van der Waals surface area contributed by atoms with Crippen LogP contribution in [0.25, 0.3) is 22.2 Å². The second-order valence-corrected chi connectivity index (χ2v) is 9.64. The third-order valence-corrected chi connectivity index (χ3v) is 6.62. The number of pyridine rings is 1. The fraction of sp³-hybridized carbons (Fsp3) is 0.417. The predicted octanol–water partition coefficient (Wildman–Crippen LogP) is 5.77. The zero-order chi connectivity index (χ0) is 21.6. The molecule has 3 aromatic rings. The number of hydrogen-bond donors (Lipinski definition) is 1. The van der Waals surface area contributed by atoms with Crippen LogP contribution in [0.3, 0.4) is 0 Å². The quantitative estimate of drug-likeness (QED) is 0.496. The topological polar surface area (TPSA) is 64.3 Å². The highest BCUT2D eigenvalue weighted by molar-refractivity contribution is 9.10. The Morgan fingerprint density at radius 1 is 1.40 bits per heavy atom. The molecule has 1 N–H and O–H groups in total. The standard InChI is InChI=1S/C24H27BrN2O3/c1-14(30-4)20-17(8-5-9-26-20)22-19(13-24(2,3)23(28)29)18-12-16(25)11-15-7-6-10-27(22)21(15)18/h5,8-9,11-12,14H,6-7,10,13H2,1-4H3,(H,28,29)/t14-/m0/s1. The van der Waals surface area contributed by atoms with Crippen LogP contribution in [0.1, 0.15) is 50.1 Å². The number of carboxylic acids is 1. The summed E-state index contributed by atoms with van der Waals surface area (Å²) in [5, 5.41) is 11.0. The molecule has 0 saturated heterocycles. The average Bonchev–Trinajstić information content (AvgIpc) is 3.01. The number of halogens is 1. The first kappa shape index (κ1) is 21.1. The number of nitrogens with zero attached hydrogens (tertiary/aromatic N) is 2. The molecule has 0 unspecified atom stereocenters. The van der Waals surface area contributed by atoms with Crippen molar-refractivity contribution in [3.05, 3.63) is 51.8 Å². The van der Waals surface area contributed by atoms with Crippen molar-refractivity contribution in [2.75, 3.05) is 7.11 Å². The normalized spacial score (nSPS) is 14.8. The molecule has 1 aliphatic heterocycles. The predicted molar refractivity (Wildman–Crippen MR) is 122 cm³/mol. The van der Waals surface area contributed by atoms with Gasteiger partial charge in [0.2, 0.25) is 0 Å². The molecule has 3 heterocycles. The Kier molecular flexibility index (Phi) is 5.49. The molecule has 1 aromatic carbocycles. The molecule has 0 radical (unpaired) electrons. The van der Waals surface area contributed by atoms with Gasteiger partial charge in [-0.05, 0) is 75.4 Å². The van der Waals surface area contributed by atoms with E-state index in [1.807, 2.05) is 13.0 Å². The first-order chi connectivity index (χ1) is 14.2. The molecule has 0 amide bonds. The summed E-state index contributed by atoms with van der Waals surface area (Å²) in [6.07, 6.45) is 4.14. The van der Waals surface area contributed by atoms with Crippen molar-refractivity contribution >= 4 is 32.8 Å². The molecule has 6 heteroatoms. The highest BCUT2D eigenvalue weighted by Gasteiger charge is 2.33. The molecule has 0 aliphatic carbocycles.